The van der Waals surface area contributed by atoms with Crippen LogP contribution < -0.4 is 4.89 Å². The average Bonchev–Trinajstić information content (AvgIpc) is 1.93. The molecule has 16 heavy (non-hydrogen) atoms. The van der Waals surface area contributed by atoms with Gasteiger partial charge in [-0.15, -0.1) is 0 Å². The van der Waals surface area contributed by atoms with Gasteiger partial charge in [-0.25, -0.2) is 0 Å². The number of hydrogen-bond donors (Lipinski definition) is 4. The second-order valence-corrected chi connectivity index (χ2v) is 13.6. The molecular formula is C2H11BO6P3S4-. The van der Waals surface area contributed by atoms with E-state index in [2.05, 4.69) is 36.3 Å². The minimum Gasteiger partial charge on any atom is -0.669 e. The number of thiol groups is 2. The third-order valence-corrected chi connectivity index (χ3v) is 7.87. The molecule has 3 atom stereocenters. The van der Waals surface area contributed by atoms with Gasteiger partial charge in [0.25, 0.3) is 5.69 Å². The van der Waals surface area contributed by atoms with E-state index >= 15 is 0 Å². The maximum Gasteiger partial charge on any atom is 0.287 e. The Balaban J connectivity index is 4.46. The molecule has 0 rings (SSSR count). The summed E-state index contributed by atoms with van der Waals surface area (Å²) in [5.74, 6) is 0. The Bertz CT molecular complexity index is 319. The van der Waals surface area contributed by atoms with E-state index in [1.54, 1.807) is 0 Å². The zero-order valence-electron chi connectivity index (χ0n) is 6.99. The van der Waals surface area contributed by atoms with Crippen molar-refractivity contribution in [3.63, 3.8) is 0 Å². The maximum absolute atomic E-state index is 11.7. The zero-order valence-corrected chi connectivity index (χ0v) is 13.1. The molecule has 0 heterocycles. The average molecular weight is 363 g/mol. The molecule has 0 aromatic carbocycles. The van der Waals surface area contributed by atoms with Gasteiger partial charge < -0.3 is 14.9 Å². The van der Waals surface area contributed by atoms with Gasteiger partial charge in [0, 0.05) is 0 Å². The Hall–Kier alpha value is 2.25. The summed E-state index contributed by atoms with van der Waals surface area (Å²) in [6.07, 6.45) is 0. The monoisotopic (exact) mass is 363 g/mol. The van der Waals surface area contributed by atoms with E-state index in [0.29, 0.717) is 0 Å². The SMILES string of the molecule is [BH3-][P+]([O-])(OCCO)OP(=S)(S)OP(O)(=S)S. The summed E-state index contributed by atoms with van der Waals surface area (Å²) < 4.78 is 14.6. The molecule has 3 unspecified atom stereocenters. The van der Waals surface area contributed by atoms with Crippen LogP contribution in [0.2, 0.25) is 0 Å². The van der Waals surface area contributed by atoms with Crippen LogP contribution in [0, 0.1) is 0 Å². The van der Waals surface area contributed by atoms with Crippen molar-refractivity contribution in [2.24, 2.45) is 0 Å². The van der Waals surface area contributed by atoms with E-state index in [1.165, 1.54) is 0 Å². The molecule has 0 bridgehead atoms. The number of aliphatic hydroxyl groups is 1. The smallest absolute Gasteiger partial charge is 0.287 e. The van der Waals surface area contributed by atoms with Crippen molar-refractivity contribution in [2.45, 2.75) is 0 Å². The summed E-state index contributed by atoms with van der Waals surface area (Å²) in [5.41, 5.74) is -6.56. The van der Waals surface area contributed by atoms with E-state index in [0.717, 1.165) is 0 Å². The van der Waals surface area contributed by atoms with Crippen molar-refractivity contribution < 1.29 is 28.0 Å². The maximum atomic E-state index is 11.7. The molecule has 0 aromatic rings. The molecule has 0 amide bonds. The topological polar surface area (TPSA) is 91.2 Å². The Morgan fingerprint density at radius 3 is 2.31 bits per heavy atom. The van der Waals surface area contributed by atoms with Gasteiger partial charge in [-0.05, 0) is 23.6 Å². The predicted octanol–water partition coefficient (Wildman–Crippen LogP) is -0.267. The molecule has 6 nitrogen and oxygen atoms in total. The van der Waals surface area contributed by atoms with Gasteiger partial charge in [-0.3, -0.25) is 8.83 Å². The first-order chi connectivity index (χ1) is 6.97. The van der Waals surface area contributed by atoms with Crippen LogP contribution >= 0.6 is 43.7 Å². The third-order valence-electron chi connectivity index (χ3n) is 0.667. The van der Waals surface area contributed by atoms with E-state index in [9.17, 15) is 9.79 Å². The van der Waals surface area contributed by atoms with Crippen LogP contribution in [0.3, 0.4) is 0 Å². The van der Waals surface area contributed by atoms with Gasteiger partial charge in [-0.2, -0.15) is 4.31 Å². The minimum absolute atomic E-state index is 0.113. The quantitative estimate of drug-likeness (QED) is 0.279. The fourth-order valence-corrected chi connectivity index (χ4v) is 9.33. The van der Waals surface area contributed by atoms with Crippen molar-refractivity contribution >= 4 is 74.9 Å². The molecular weight excluding hydrogens is 352 g/mol. The molecule has 0 aliphatic heterocycles. The van der Waals surface area contributed by atoms with Crippen LogP contribution in [0.5, 0.6) is 0 Å². The molecule has 2 N–H and O–H groups in total. The van der Waals surface area contributed by atoms with E-state index < -0.39 is 26.8 Å². The summed E-state index contributed by atoms with van der Waals surface area (Å²) in [7, 11) is -4.10. The first-order valence-electron chi connectivity index (χ1n) is 3.17. The Kier molecular flexibility index (Phi) is 8.16. The second-order valence-electron chi connectivity index (χ2n) is 1.90. The summed E-state index contributed by atoms with van der Waals surface area (Å²) in [6.45, 7) is -0.390. The fraction of sp³-hybridized carbons (Fsp3) is 1.00. The van der Waals surface area contributed by atoms with Crippen LogP contribution in [0.1, 0.15) is 0 Å². The third kappa shape index (κ3) is 10.2. The lowest BCUT2D eigenvalue weighted by molar-refractivity contribution is -0.202. The van der Waals surface area contributed by atoms with Crippen molar-refractivity contribution in [3.05, 3.63) is 0 Å². The molecule has 0 aromatic heterocycles. The second kappa shape index (κ2) is 7.15. The minimum atomic E-state index is -3.33. The molecule has 0 radical (unpaired) electrons. The lowest BCUT2D eigenvalue weighted by atomic mass is 10.8. The highest BCUT2D eigenvalue weighted by Crippen LogP contribution is 2.74. The van der Waals surface area contributed by atoms with Gasteiger partial charge in [0.1, 0.15) is 6.61 Å². The Morgan fingerprint density at radius 2 is 1.94 bits per heavy atom. The van der Waals surface area contributed by atoms with Crippen LogP contribution in [0.4, 0.5) is 0 Å². The molecule has 14 heteroatoms. The van der Waals surface area contributed by atoms with Crippen molar-refractivity contribution in [1.29, 1.82) is 0 Å². The van der Waals surface area contributed by atoms with Crippen LogP contribution in [-0.4, -0.2) is 30.8 Å². The van der Waals surface area contributed by atoms with Crippen LogP contribution in [-0.2, 0) is 36.8 Å². The summed E-state index contributed by atoms with van der Waals surface area (Å²) in [4.78, 5) is 20.9. The Morgan fingerprint density at radius 1 is 1.44 bits per heavy atom. The first kappa shape index (κ1) is 18.3. The zero-order chi connectivity index (χ0) is 13.0. The van der Waals surface area contributed by atoms with E-state index in [-0.39, 0.29) is 13.2 Å². The molecule has 0 saturated carbocycles. The number of rotatable bonds is 7. The number of aliphatic hydroxyl groups excluding tert-OH is 1. The Labute approximate surface area is 116 Å². The van der Waals surface area contributed by atoms with Gasteiger partial charge in [-0.1, -0.05) is 24.5 Å². The number of hydrogen-bond acceptors (Lipinski definition) is 7. The first-order valence-corrected chi connectivity index (χ1v) is 11.9. The lowest BCUT2D eigenvalue weighted by Crippen LogP contribution is -2.16. The van der Waals surface area contributed by atoms with E-state index in [1.807, 2.05) is 0 Å². The largest absolute Gasteiger partial charge is 0.669 e. The van der Waals surface area contributed by atoms with Gasteiger partial charge >= 0.3 is 0 Å². The van der Waals surface area contributed by atoms with Gasteiger partial charge in [0.05, 0.1) is 14.4 Å². The van der Waals surface area contributed by atoms with Gasteiger partial charge in [0.2, 0.25) is 5.69 Å². The summed E-state index contributed by atoms with van der Waals surface area (Å²) >= 11 is 16.8. The lowest BCUT2D eigenvalue weighted by Gasteiger charge is -2.33. The van der Waals surface area contributed by atoms with Gasteiger partial charge in [0.15, 0.2) is 7.57 Å². The molecule has 0 spiro atoms. The highest BCUT2D eigenvalue weighted by atomic mass is 32.9. The molecule has 0 fully saturated rings. The van der Waals surface area contributed by atoms with Crippen molar-refractivity contribution in [3.8, 4) is 0 Å². The molecule has 98 valence electrons. The van der Waals surface area contributed by atoms with E-state index in [4.69, 9.17) is 30.1 Å². The van der Waals surface area contributed by atoms with Crippen LogP contribution in [0.25, 0.3) is 0 Å². The normalized spacial score (nSPS) is 23.1. The van der Waals surface area contributed by atoms with Crippen molar-refractivity contribution in [2.75, 3.05) is 13.2 Å². The predicted molar refractivity (Wildman–Crippen MR) is 80.8 cm³/mol. The summed E-state index contributed by atoms with van der Waals surface area (Å²) in [6, 6.07) is 0. The fourth-order valence-electron chi connectivity index (χ4n) is 0.372. The standard InChI is InChI=1S/C2H11BO6P3S4/c3-10(5,7-2-1-4)8-12(15,16)9-11(6,13)14/h4H,1-2H2,3H3,(H,15,16)(H2,6,13,14)/q-1. The summed E-state index contributed by atoms with van der Waals surface area (Å²) in [5, 5.41) is 8.51. The molecule has 0 aliphatic carbocycles. The van der Waals surface area contributed by atoms with Crippen molar-refractivity contribution in [1.82, 2.24) is 0 Å². The highest BCUT2D eigenvalue weighted by molar-refractivity contribution is 8.66. The van der Waals surface area contributed by atoms with Crippen LogP contribution in [0.15, 0.2) is 0 Å². The highest BCUT2D eigenvalue weighted by Gasteiger charge is 2.30. The molecule has 0 aliphatic rings. The molecule has 0 saturated heterocycles.